The Morgan fingerprint density at radius 3 is 2.24 bits per heavy atom. The van der Waals surface area contributed by atoms with Crippen LogP contribution in [0.3, 0.4) is 0 Å². The van der Waals surface area contributed by atoms with E-state index in [4.69, 9.17) is 13.9 Å². The van der Waals surface area contributed by atoms with Gasteiger partial charge in [0.2, 0.25) is 0 Å². The molecule has 10 heteroatoms. The lowest BCUT2D eigenvalue weighted by Gasteiger charge is -2.33. The monoisotopic (exact) mass is 525 g/mol. The molecular weight excluding hydrogens is 496 g/mol. The van der Waals surface area contributed by atoms with E-state index in [1.807, 2.05) is 4.90 Å². The molecule has 4 heterocycles. The number of benzene rings is 2. The fraction of sp³-hybridized carbons (Fsp3) is 0.429. The molecule has 0 saturated carbocycles. The summed E-state index contributed by atoms with van der Waals surface area (Å²) < 4.78 is 46.2. The minimum Gasteiger partial charge on any atom is -0.440 e. The van der Waals surface area contributed by atoms with Crippen LogP contribution < -0.4 is 15.6 Å². The van der Waals surface area contributed by atoms with Crippen LogP contribution in [0.4, 0.5) is 14.7 Å². The minimum atomic E-state index is -1.05. The first-order chi connectivity index (χ1) is 18.4. The van der Waals surface area contributed by atoms with Crippen molar-refractivity contribution in [3.05, 3.63) is 74.9 Å². The molecule has 1 amide bonds. The fourth-order valence-electron chi connectivity index (χ4n) is 5.75. The van der Waals surface area contributed by atoms with Gasteiger partial charge in [0.15, 0.2) is 11.3 Å². The number of carbonyl (C=O) groups is 1. The molecule has 0 spiro atoms. The summed E-state index contributed by atoms with van der Waals surface area (Å²) in [6.45, 7) is 4.49. The van der Waals surface area contributed by atoms with Crippen LogP contribution in [0, 0.1) is 11.6 Å². The lowest BCUT2D eigenvalue weighted by Crippen LogP contribution is -2.41. The second-order valence-electron chi connectivity index (χ2n) is 9.95. The Morgan fingerprint density at radius 2 is 1.58 bits per heavy atom. The number of hydrogen-bond acceptors (Lipinski definition) is 7. The second-order valence-corrected chi connectivity index (χ2v) is 9.95. The van der Waals surface area contributed by atoms with E-state index in [2.05, 4.69) is 5.32 Å². The van der Waals surface area contributed by atoms with E-state index >= 15 is 0 Å². The molecule has 0 aliphatic carbocycles. The number of ether oxygens (including phenoxy) is 2. The molecule has 3 aliphatic rings. The smallest absolute Gasteiger partial charge is 0.254 e. The molecule has 0 unspecified atom stereocenters. The molecule has 6 rings (SSSR count). The molecule has 3 saturated heterocycles. The van der Waals surface area contributed by atoms with E-state index in [0.717, 1.165) is 12.5 Å². The van der Waals surface area contributed by atoms with Crippen molar-refractivity contribution < 1.29 is 27.5 Å². The van der Waals surface area contributed by atoms with Crippen LogP contribution >= 0.6 is 0 Å². The molecule has 1 atom stereocenters. The Labute approximate surface area is 218 Å². The van der Waals surface area contributed by atoms with Gasteiger partial charge >= 0.3 is 0 Å². The van der Waals surface area contributed by atoms with E-state index in [-0.39, 0.29) is 16.7 Å². The van der Waals surface area contributed by atoms with Gasteiger partial charge in [0.05, 0.1) is 37.4 Å². The molecule has 3 aromatic rings. The van der Waals surface area contributed by atoms with Gasteiger partial charge in [-0.15, -0.1) is 0 Å². The van der Waals surface area contributed by atoms with E-state index in [1.54, 1.807) is 17.0 Å². The Hall–Kier alpha value is -3.34. The molecule has 3 aliphatic heterocycles. The van der Waals surface area contributed by atoms with Crippen LogP contribution in [-0.4, -0.2) is 70.0 Å². The Bertz CT molecular complexity index is 1400. The zero-order valence-electron chi connectivity index (χ0n) is 20.9. The number of halogens is 2. The van der Waals surface area contributed by atoms with Gasteiger partial charge in [-0.1, -0.05) is 0 Å². The number of carbonyl (C=O) groups excluding carboxylic acids is 1. The van der Waals surface area contributed by atoms with Gasteiger partial charge in [0.1, 0.15) is 17.2 Å². The third-order valence-corrected chi connectivity index (χ3v) is 7.65. The van der Waals surface area contributed by atoms with Crippen LogP contribution in [-0.2, 0) is 15.0 Å². The molecule has 8 nitrogen and oxygen atoms in total. The molecule has 1 aromatic heterocycles. The van der Waals surface area contributed by atoms with Gasteiger partial charge < -0.3 is 29.0 Å². The van der Waals surface area contributed by atoms with Crippen LogP contribution in [0.2, 0.25) is 0 Å². The molecule has 2 aromatic carbocycles. The fourth-order valence-corrected chi connectivity index (χ4v) is 5.75. The highest BCUT2D eigenvalue weighted by molar-refractivity contribution is 5.99. The number of rotatable bonds is 4. The summed E-state index contributed by atoms with van der Waals surface area (Å²) in [5, 5.41) is 3.69. The van der Waals surface area contributed by atoms with Crippen molar-refractivity contribution in [3.8, 4) is 0 Å². The van der Waals surface area contributed by atoms with E-state index in [9.17, 15) is 18.4 Å². The lowest BCUT2D eigenvalue weighted by molar-refractivity contribution is 0.0303. The maximum Gasteiger partial charge on any atom is 0.254 e. The first kappa shape index (κ1) is 25.0. The highest BCUT2D eigenvalue weighted by Crippen LogP contribution is 2.42. The second kappa shape index (κ2) is 10.1. The number of fused-ring (bicyclic) bond motifs is 1. The van der Waals surface area contributed by atoms with Crippen molar-refractivity contribution in [2.45, 2.75) is 18.4 Å². The molecular formula is C28H29F2N3O5. The molecule has 3 fully saturated rings. The van der Waals surface area contributed by atoms with Gasteiger partial charge in [0.25, 0.3) is 5.91 Å². The highest BCUT2D eigenvalue weighted by atomic mass is 19.1. The summed E-state index contributed by atoms with van der Waals surface area (Å²) in [6.07, 6.45) is 1.24. The van der Waals surface area contributed by atoms with E-state index in [1.165, 1.54) is 18.2 Å². The first-order valence-electron chi connectivity index (χ1n) is 13.0. The van der Waals surface area contributed by atoms with Crippen molar-refractivity contribution >= 4 is 22.8 Å². The van der Waals surface area contributed by atoms with Crippen LogP contribution in [0.5, 0.6) is 0 Å². The van der Waals surface area contributed by atoms with Crippen molar-refractivity contribution in [2.24, 2.45) is 0 Å². The summed E-state index contributed by atoms with van der Waals surface area (Å²) in [7, 11) is 0. The molecule has 38 heavy (non-hydrogen) atoms. The predicted octanol–water partition coefficient (Wildman–Crippen LogP) is 3.01. The Kier molecular flexibility index (Phi) is 6.63. The minimum absolute atomic E-state index is 0.230. The van der Waals surface area contributed by atoms with Crippen molar-refractivity contribution in [3.63, 3.8) is 0 Å². The van der Waals surface area contributed by atoms with Gasteiger partial charge in [-0.3, -0.25) is 9.59 Å². The van der Waals surface area contributed by atoms with Gasteiger partial charge in [-0.05, 0) is 49.2 Å². The molecule has 0 radical (unpaired) electrons. The maximum atomic E-state index is 14.5. The molecule has 0 bridgehead atoms. The summed E-state index contributed by atoms with van der Waals surface area (Å²) in [5.41, 5.74) is 0.180. The number of hydrogen-bond donors (Lipinski definition) is 1. The standard InChI is InChI=1S/C28H29F2N3O5/c29-20-14-19(15-21(30)16-20)28(2-1-3-31-28)23-13-18(27(35)33-6-10-37-11-7-33)12-22-24(34)17-25(38-26(22)23)32-4-8-36-9-5-32/h12-17,31H,1-11H2/t28-/m0/s1. The average Bonchev–Trinajstić information content (AvgIpc) is 3.44. The summed E-state index contributed by atoms with van der Waals surface area (Å²) in [4.78, 5) is 30.7. The summed E-state index contributed by atoms with van der Waals surface area (Å²) in [5.74, 6) is -1.23. The highest BCUT2D eigenvalue weighted by Gasteiger charge is 2.41. The van der Waals surface area contributed by atoms with E-state index in [0.29, 0.717) is 93.7 Å². The third kappa shape index (κ3) is 4.46. The number of amides is 1. The number of anilines is 1. The normalized spacial score (nSPS) is 22.3. The largest absolute Gasteiger partial charge is 0.440 e. The topological polar surface area (TPSA) is 84.2 Å². The Balaban J connectivity index is 1.59. The van der Waals surface area contributed by atoms with Crippen LogP contribution in [0.1, 0.15) is 34.3 Å². The van der Waals surface area contributed by atoms with Crippen molar-refractivity contribution in [1.29, 1.82) is 0 Å². The van der Waals surface area contributed by atoms with Gasteiger partial charge in [0, 0.05) is 49.4 Å². The zero-order chi connectivity index (χ0) is 26.3. The molecule has 200 valence electrons. The number of nitrogens with zero attached hydrogens (tertiary/aromatic N) is 2. The lowest BCUT2D eigenvalue weighted by atomic mass is 9.80. The van der Waals surface area contributed by atoms with Gasteiger partial charge in [-0.25, -0.2) is 8.78 Å². The third-order valence-electron chi connectivity index (χ3n) is 7.65. The first-order valence-corrected chi connectivity index (χ1v) is 13.0. The Morgan fingerprint density at radius 1 is 0.895 bits per heavy atom. The average molecular weight is 526 g/mol. The maximum absolute atomic E-state index is 14.5. The van der Waals surface area contributed by atoms with E-state index < -0.39 is 17.2 Å². The number of morpholine rings is 2. The van der Waals surface area contributed by atoms with Gasteiger partial charge in [-0.2, -0.15) is 0 Å². The summed E-state index contributed by atoms with van der Waals surface area (Å²) >= 11 is 0. The van der Waals surface area contributed by atoms with Crippen LogP contribution in [0.15, 0.2) is 45.6 Å². The zero-order valence-corrected chi connectivity index (χ0v) is 20.9. The van der Waals surface area contributed by atoms with Crippen molar-refractivity contribution in [1.82, 2.24) is 10.2 Å². The summed E-state index contributed by atoms with van der Waals surface area (Å²) in [6, 6.07) is 8.16. The number of nitrogens with one attached hydrogen (secondary N) is 1. The van der Waals surface area contributed by atoms with Crippen molar-refractivity contribution in [2.75, 3.05) is 64.1 Å². The predicted molar refractivity (Wildman–Crippen MR) is 137 cm³/mol. The molecule has 1 N–H and O–H groups in total. The quantitative estimate of drug-likeness (QED) is 0.561. The van der Waals surface area contributed by atoms with Crippen LogP contribution in [0.25, 0.3) is 11.0 Å². The SMILES string of the molecule is O=C(c1cc([C@@]2(c3cc(F)cc(F)c3)CCCN2)c2oc(N3CCOCC3)cc(=O)c2c1)N1CCOCC1.